The van der Waals surface area contributed by atoms with Gasteiger partial charge < -0.3 is 15.5 Å². The van der Waals surface area contributed by atoms with Gasteiger partial charge in [0.1, 0.15) is 11.9 Å². The lowest BCUT2D eigenvalue weighted by Gasteiger charge is -2.20. The Bertz CT molecular complexity index is 1230. The number of benzene rings is 2. The lowest BCUT2D eigenvalue weighted by atomic mass is 10.1. The SMILES string of the molecule is CCS(=O)(=O)Nc1ccc(Nc2ccc([C@H](C)Nc3ccc(C#N)cn3)cc2)cc1N(C)C. The van der Waals surface area contributed by atoms with E-state index in [4.69, 9.17) is 5.26 Å². The zero-order chi connectivity index (χ0) is 24.0. The Morgan fingerprint density at radius 2 is 1.76 bits per heavy atom. The van der Waals surface area contributed by atoms with Gasteiger partial charge in [-0.1, -0.05) is 12.1 Å². The topological polar surface area (TPSA) is 110 Å². The number of rotatable bonds is 9. The average molecular weight is 465 g/mol. The maximum absolute atomic E-state index is 12.0. The van der Waals surface area contributed by atoms with Crippen LogP contribution in [-0.2, 0) is 10.0 Å². The zero-order valence-electron chi connectivity index (χ0n) is 19.1. The predicted molar refractivity (Wildman–Crippen MR) is 135 cm³/mol. The van der Waals surface area contributed by atoms with E-state index < -0.39 is 10.0 Å². The fourth-order valence-electron chi connectivity index (χ4n) is 3.18. The first-order chi connectivity index (χ1) is 15.7. The number of nitrogens with one attached hydrogen (secondary N) is 3. The predicted octanol–water partition coefficient (Wildman–Crippen LogP) is 4.70. The monoisotopic (exact) mass is 464 g/mol. The van der Waals surface area contributed by atoms with Gasteiger partial charge in [0.2, 0.25) is 10.0 Å². The van der Waals surface area contributed by atoms with Crippen molar-refractivity contribution in [1.29, 1.82) is 5.26 Å². The third-order valence-corrected chi connectivity index (χ3v) is 6.37. The van der Waals surface area contributed by atoms with E-state index in [0.29, 0.717) is 17.1 Å². The van der Waals surface area contributed by atoms with E-state index in [1.807, 2.05) is 62.3 Å². The number of hydrogen-bond donors (Lipinski definition) is 3. The van der Waals surface area contributed by atoms with E-state index in [1.54, 1.807) is 31.3 Å². The van der Waals surface area contributed by atoms with Gasteiger partial charge in [-0.05, 0) is 61.9 Å². The molecule has 0 saturated carbocycles. The van der Waals surface area contributed by atoms with Crippen LogP contribution in [0.25, 0.3) is 0 Å². The van der Waals surface area contributed by atoms with Gasteiger partial charge in [-0.25, -0.2) is 13.4 Å². The first kappa shape index (κ1) is 23.9. The van der Waals surface area contributed by atoms with E-state index in [2.05, 4.69) is 26.4 Å². The molecule has 0 fully saturated rings. The second kappa shape index (κ2) is 10.2. The quantitative estimate of drug-likeness (QED) is 0.421. The van der Waals surface area contributed by atoms with Crippen LogP contribution in [0, 0.1) is 11.3 Å². The minimum Gasteiger partial charge on any atom is -0.376 e. The summed E-state index contributed by atoms with van der Waals surface area (Å²) < 4.78 is 26.6. The maximum atomic E-state index is 12.0. The number of nitrogens with zero attached hydrogens (tertiary/aromatic N) is 3. The highest BCUT2D eigenvalue weighted by Gasteiger charge is 2.13. The van der Waals surface area contributed by atoms with Gasteiger partial charge in [-0.2, -0.15) is 5.26 Å². The van der Waals surface area contributed by atoms with Gasteiger partial charge in [0.15, 0.2) is 0 Å². The molecule has 0 aliphatic carbocycles. The molecule has 0 amide bonds. The van der Waals surface area contributed by atoms with Crippen LogP contribution in [0.1, 0.15) is 31.0 Å². The molecule has 1 heterocycles. The first-order valence-electron chi connectivity index (χ1n) is 10.5. The van der Waals surface area contributed by atoms with Crippen LogP contribution in [0.2, 0.25) is 0 Å². The molecule has 3 aromatic rings. The summed E-state index contributed by atoms with van der Waals surface area (Å²) in [7, 11) is 0.378. The van der Waals surface area contributed by atoms with Gasteiger partial charge in [-0.3, -0.25) is 4.72 Å². The summed E-state index contributed by atoms with van der Waals surface area (Å²) in [6.07, 6.45) is 1.54. The molecule has 0 saturated heterocycles. The smallest absolute Gasteiger partial charge is 0.232 e. The summed E-state index contributed by atoms with van der Waals surface area (Å²) >= 11 is 0. The molecule has 3 N–H and O–H groups in total. The molecular weight excluding hydrogens is 436 g/mol. The molecule has 1 atom stereocenters. The van der Waals surface area contributed by atoms with Crippen molar-refractivity contribution in [2.75, 3.05) is 40.1 Å². The van der Waals surface area contributed by atoms with Crippen LogP contribution in [0.5, 0.6) is 0 Å². The molecule has 172 valence electrons. The molecule has 33 heavy (non-hydrogen) atoms. The van der Waals surface area contributed by atoms with Crippen LogP contribution in [0.3, 0.4) is 0 Å². The van der Waals surface area contributed by atoms with Crippen molar-refractivity contribution in [3.8, 4) is 6.07 Å². The molecule has 1 aromatic heterocycles. The Kier molecular flexibility index (Phi) is 7.41. The van der Waals surface area contributed by atoms with E-state index in [-0.39, 0.29) is 11.8 Å². The van der Waals surface area contributed by atoms with Crippen molar-refractivity contribution in [2.45, 2.75) is 19.9 Å². The molecule has 3 rings (SSSR count). The second-order valence-electron chi connectivity index (χ2n) is 7.79. The normalized spacial score (nSPS) is 11.8. The highest BCUT2D eigenvalue weighted by molar-refractivity contribution is 7.92. The molecule has 0 aliphatic rings. The summed E-state index contributed by atoms with van der Waals surface area (Å²) in [6.45, 7) is 3.65. The van der Waals surface area contributed by atoms with Crippen LogP contribution >= 0.6 is 0 Å². The second-order valence-corrected chi connectivity index (χ2v) is 9.80. The molecule has 8 nitrogen and oxygen atoms in total. The first-order valence-corrected chi connectivity index (χ1v) is 12.2. The van der Waals surface area contributed by atoms with E-state index in [0.717, 1.165) is 22.6 Å². The van der Waals surface area contributed by atoms with Crippen LogP contribution in [0.15, 0.2) is 60.8 Å². The highest BCUT2D eigenvalue weighted by atomic mass is 32.2. The van der Waals surface area contributed by atoms with Crippen molar-refractivity contribution in [1.82, 2.24) is 4.98 Å². The Hall–Kier alpha value is -3.77. The summed E-state index contributed by atoms with van der Waals surface area (Å²) in [5.74, 6) is 0.722. The fraction of sp³-hybridized carbons (Fsp3) is 0.250. The minimum absolute atomic E-state index is 0.0146. The third kappa shape index (κ3) is 6.37. The molecule has 0 unspecified atom stereocenters. The average Bonchev–Trinajstić information content (AvgIpc) is 2.80. The summed E-state index contributed by atoms with van der Waals surface area (Å²) in [6, 6.07) is 19.2. The Balaban J connectivity index is 1.71. The van der Waals surface area contributed by atoms with E-state index in [1.165, 1.54) is 0 Å². The lowest BCUT2D eigenvalue weighted by Crippen LogP contribution is -2.18. The standard InChI is InChI=1S/C24H28N6O2S/c1-5-33(31,32)29-22-12-11-21(14-23(22)30(3)4)28-20-9-7-19(8-10-20)17(2)27-24-13-6-18(15-25)16-26-24/h6-14,16-17,28-29H,5H2,1-4H3,(H,26,27)/t17-/m0/s1. The van der Waals surface area contributed by atoms with Crippen molar-refractivity contribution in [2.24, 2.45) is 0 Å². The number of nitriles is 1. The zero-order valence-corrected chi connectivity index (χ0v) is 19.9. The molecule has 0 spiro atoms. The third-order valence-electron chi connectivity index (χ3n) is 5.08. The molecule has 0 bridgehead atoms. The van der Waals surface area contributed by atoms with Crippen molar-refractivity contribution < 1.29 is 8.42 Å². The van der Waals surface area contributed by atoms with Crippen LogP contribution < -0.4 is 20.3 Å². The van der Waals surface area contributed by atoms with E-state index >= 15 is 0 Å². The Morgan fingerprint density at radius 1 is 1.06 bits per heavy atom. The van der Waals surface area contributed by atoms with Gasteiger partial charge in [0, 0.05) is 37.7 Å². The van der Waals surface area contributed by atoms with Gasteiger partial charge in [0.25, 0.3) is 0 Å². The van der Waals surface area contributed by atoms with Crippen LogP contribution in [0.4, 0.5) is 28.6 Å². The summed E-state index contributed by atoms with van der Waals surface area (Å²) in [4.78, 5) is 6.12. The largest absolute Gasteiger partial charge is 0.376 e. The van der Waals surface area contributed by atoms with Crippen molar-refractivity contribution in [3.05, 3.63) is 71.9 Å². The molecule has 0 radical (unpaired) electrons. The number of sulfonamides is 1. The molecule has 2 aromatic carbocycles. The number of aromatic nitrogens is 1. The lowest BCUT2D eigenvalue weighted by molar-refractivity contribution is 0.602. The number of anilines is 5. The van der Waals surface area contributed by atoms with E-state index in [9.17, 15) is 8.42 Å². The van der Waals surface area contributed by atoms with Gasteiger partial charge in [-0.15, -0.1) is 0 Å². The Labute approximate surface area is 195 Å². The molecule has 0 aliphatic heterocycles. The van der Waals surface area contributed by atoms with Crippen molar-refractivity contribution in [3.63, 3.8) is 0 Å². The van der Waals surface area contributed by atoms with Crippen molar-refractivity contribution >= 4 is 38.6 Å². The summed E-state index contributed by atoms with van der Waals surface area (Å²) in [5, 5.41) is 15.6. The van der Waals surface area contributed by atoms with Gasteiger partial charge in [0.05, 0.1) is 22.7 Å². The molecule has 9 heteroatoms. The maximum Gasteiger partial charge on any atom is 0.232 e. The minimum atomic E-state index is -3.36. The summed E-state index contributed by atoms with van der Waals surface area (Å²) in [5.41, 5.74) is 4.68. The highest BCUT2D eigenvalue weighted by Crippen LogP contribution is 2.31. The van der Waals surface area contributed by atoms with Gasteiger partial charge >= 0.3 is 0 Å². The number of hydrogen-bond acceptors (Lipinski definition) is 7. The molecular formula is C24H28N6O2S. The Morgan fingerprint density at radius 3 is 2.33 bits per heavy atom. The fourth-order valence-corrected chi connectivity index (χ4v) is 3.83. The van der Waals surface area contributed by atoms with Crippen LogP contribution in [-0.4, -0.2) is 33.2 Å². The number of pyridine rings is 1.